The van der Waals surface area contributed by atoms with Crippen LogP contribution in [0.4, 0.5) is 5.69 Å². The van der Waals surface area contributed by atoms with Crippen molar-refractivity contribution in [2.24, 2.45) is 5.41 Å². The van der Waals surface area contributed by atoms with Gasteiger partial charge in [0.2, 0.25) is 0 Å². The van der Waals surface area contributed by atoms with Gasteiger partial charge in [-0.1, -0.05) is 46.2 Å². The van der Waals surface area contributed by atoms with Crippen molar-refractivity contribution in [3.63, 3.8) is 0 Å². The second-order valence-corrected chi connectivity index (χ2v) is 8.56. The average Bonchev–Trinajstić information content (AvgIpc) is 2.52. The van der Waals surface area contributed by atoms with Crippen molar-refractivity contribution in [1.82, 2.24) is 5.32 Å². The van der Waals surface area contributed by atoms with Crippen LogP contribution in [0.5, 0.6) is 0 Å². The van der Waals surface area contributed by atoms with Gasteiger partial charge >= 0.3 is 17.8 Å². The number of ether oxygens (including phenoxy) is 1. The molecule has 0 atom stereocenters. The van der Waals surface area contributed by atoms with E-state index in [9.17, 15) is 14.4 Å². The predicted molar refractivity (Wildman–Crippen MR) is 107 cm³/mol. The second kappa shape index (κ2) is 9.53. The lowest BCUT2D eigenvalue weighted by Gasteiger charge is -2.33. The third-order valence-corrected chi connectivity index (χ3v) is 3.76. The molecule has 2 N–H and O–H groups in total. The van der Waals surface area contributed by atoms with Crippen molar-refractivity contribution in [2.45, 2.75) is 66.3 Å². The van der Waals surface area contributed by atoms with Crippen LogP contribution in [-0.4, -0.2) is 29.9 Å². The fraction of sp³-hybridized carbons (Fsp3) is 0.571. The van der Waals surface area contributed by atoms with Crippen molar-refractivity contribution in [2.75, 3.05) is 11.9 Å². The van der Waals surface area contributed by atoms with E-state index in [-0.39, 0.29) is 16.7 Å². The Kier molecular flexibility index (Phi) is 8.00. The van der Waals surface area contributed by atoms with Crippen molar-refractivity contribution < 1.29 is 19.1 Å². The Hall–Kier alpha value is -2.37. The highest BCUT2D eigenvalue weighted by Crippen LogP contribution is 2.26. The van der Waals surface area contributed by atoms with E-state index < -0.39 is 23.3 Å². The Morgan fingerprint density at radius 1 is 1.00 bits per heavy atom. The topological polar surface area (TPSA) is 84.5 Å². The van der Waals surface area contributed by atoms with E-state index in [4.69, 9.17) is 4.74 Å². The van der Waals surface area contributed by atoms with Gasteiger partial charge in [-0.05, 0) is 44.2 Å². The monoisotopic (exact) mass is 376 g/mol. The summed E-state index contributed by atoms with van der Waals surface area (Å²) in [7, 11) is 0. The smallest absolute Gasteiger partial charge is 0.340 e. The Balaban J connectivity index is 2.79. The first-order chi connectivity index (χ1) is 12.4. The maximum Gasteiger partial charge on any atom is 0.340 e. The Morgan fingerprint density at radius 3 is 2.22 bits per heavy atom. The Bertz CT molecular complexity index is 675. The molecule has 1 rings (SSSR count). The van der Waals surface area contributed by atoms with Crippen LogP contribution in [-0.2, 0) is 14.3 Å². The number of hydrogen-bond acceptors (Lipinski definition) is 4. The molecule has 0 aromatic heterocycles. The van der Waals surface area contributed by atoms with Crippen LogP contribution in [0.3, 0.4) is 0 Å². The molecule has 0 aliphatic rings. The molecule has 0 bridgehead atoms. The molecular weight excluding hydrogens is 344 g/mol. The number of nitrogens with one attached hydrogen (secondary N) is 2. The summed E-state index contributed by atoms with van der Waals surface area (Å²) in [6.45, 7) is 12.3. The molecule has 0 saturated carbocycles. The molecule has 0 radical (unpaired) electrons. The molecule has 0 saturated heterocycles. The van der Waals surface area contributed by atoms with Crippen LogP contribution < -0.4 is 10.6 Å². The number of esters is 1. The maximum absolute atomic E-state index is 12.3. The van der Waals surface area contributed by atoms with Crippen molar-refractivity contribution in [3.8, 4) is 0 Å². The third-order valence-electron chi connectivity index (χ3n) is 3.76. The van der Waals surface area contributed by atoms with Gasteiger partial charge in [-0.15, -0.1) is 0 Å². The van der Waals surface area contributed by atoms with Gasteiger partial charge in [0.15, 0.2) is 0 Å². The van der Waals surface area contributed by atoms with Gasteiger partial charge in [0.05, 0.1) is 17.9 Å². The third kappa shape index (κ3) is 8.24. The second-order valence-electron chi connectivity index (χ2n) is 8.56. The molecule has 2 amide bonds. The number of para-hydroxylation sites is 1. The molecule has 0 heterocycles. The number of unbranched alkanes of at least 4 members (excludes halogenated alkanes) is 1. The van der Waals surface area contributed by atoms with Crippen LogP contribution in [0.1, 0.15) is 71.2 Å². The fourth-order valence-corrected chi connectivity index (χ4v) is 3.07. The number of anilines is 1. The van der Waals surface area contributed by atoms with E-state index in [1.54, 1.807) is 24.3 Å². The quantitative estimate of drug-likeness (QED) is 0.429. The minimum absolute atomic E-state index is 0.00209. The van der Waals surface area contributed by atoms with Gasteiger partial charge in [0, 0.05) is 5.54 Å². The molecule has 0 fully saturated rings. The van der Waals surface area contributed by atoms with Gasteiger partial charge in [0.1, 0.15) is 0 Å². The zero-order valence-corrected chi connectivity index (χ0v) is 17.3. The highest BCUT2D eigenvalue weighted by atomic mass is 16.5. The zero-order valence-electron chi connectivity index (χ0n) is 17.3. The van der Waals surface area contributed by atoms with Crippen molar-refractivity contribution in [1.29, 1.82) is 0 Å². The standard InChI is InChI=1S/C21H32N2O4/c1-7-8-13-27-19(26)15-11-9-10-12-16(15)22-17(24)18(25)23-21(5,6)14-20(2,3)4/h9-12H,7-8,13-14H2,1-6H3,(H,22,24)(H,23,25). The van der Waals surface area contributed by atoms with E-state index >= 15 is 0 Å². The van der Waals surface area contributed by atoms with Crippen LogP contribution in [0.2, 0.25) is 0 Å². The first-order valence-corrected chi connectivity index (χ1v) is 9.35. The van der Waals surface area contributed by atoms with Gasteiger partial charge in [-0.25, -0.2) is 4.79 Å². The van der Waals surface area contributed by atoms with E-state index in [1.807, 2.05) is 20.8 Å². The summed E-state index contributed by atoms with van der Waals surface area (Å²) in [5, 5.41) is 5.27. The Labute approximate surface area is 162 Å². The van der Waals surface area contributed by atoms with Gasteiger partial charge < -0.3 is 15.4 Å². The summed E-state index contributed by atoms with van der Waals surface area (Å²) in [6, 6.07) is 6.49. The highest BCUT2D eigenvalue weighted by molar-refractivity contribution is 6.40. The van der Waals surface area contributed by atoms with Crippen molar-refractivity contribution in [3.05, 3.63) is 29.8 Å². The Morgan fingerprint density at radius 2 is 1.63 bits per heavy atom. The number of carbonyl (C=O) groups excluding carboxylic acids is 3. The minimum atomic E-state index is -0.814. The zero-order chi connectivity index (χ0) is 20.7. The molecule has 27 heavy (non-hydrogen) atoms. The van der Waals surface area contributed by atoms with E-state index in [2.05, 4.69) is 31.4 Å². The summed E-state index contributed by atoms with van der Waals surface area (Å²) in [4.78, 5) is 36.8. The number of benzene rings is 1. The number of hydrogen-bond donors (Lipinski definition) is 2. The number of rotatable bonds is 7. The molecular formula is C21H32N2O4. The minimum Gasteiger partial charge on any atom is -0.462 e. The molecule has 6 heteroatoms. The van der Waals surface area contributed by atoms with Gasteiger partial charge in [-0.2, -0.15) is 0 Å². The largest absolute Gasteiger partial charge is 0.462 e. The molecule has 0 spiro atoms. The lowest BCUT2D eigenvalue weighted by atomic mass is 9.82. The first kappa shape index (κ1) is 22.7. The fourth-order valence-electron chi connectivity index (χ4n) is 3.07. The summed E-state index contributed by atoms with van der Waals surface area (Å²) in [6.07, 6.45) is 2.39. The molecule has 1 aromatic carbocycles. The number of amides is 2. The molecule has 150 valence electrons. The van der Waals surface area contributed by atoms with Crippen molar-refractivity contribution >= 4 is 23.5 Å². The average molecular weight is 376 g/mol. The molecule has 0 aliphatic heterocycles. The van der Waals surface area contributed by atoms with E-state index in [0.29, 0.717) is 13.0 Å². The highest BCUT2D eigenvalue weighted by Gasteiger charge is 2.29. The molecule has 1 aromatic rings. The van der Waals surface area contributed by atoms with Crippen LogP contribution in [0.15, 0.2) is 24.3 Å². The first-order valence-electron chi connectivity index (χ1n) is 9.35. The van der Waals surface area contributed by atoms with Crippen LogP contribution in [0, 0.1) is 5.41 Å². The lowest BCUT2D eigenvalue weighted by Crippen LogP contribution is -2.49. The lowest BCUT2D eigenvalue weighted by molar-refractivity contribution is -0.137. The number of carbonyl (C=O) groups is 3. The summed E-state index contributed by atoms with van der Waals surface area (Å²) in [5.74, 6) is -2.07. The summed E-state index contributed by atoms with van der Waals surface area (Å²) in [5.41, 5.74) is -0.0515. The van der Waals surface area contributed by atoms with Crippen LogP contribution >= 0.6 is 0 Å². The SMILES string of the molecule is CCCCOC(=O)c1ccccc1NC(=O)C(=O)NC(C)(C)CC(C)(C)C. The molecule has 6 nitrogen and oxygen atoms in total. The van der Waals surface area contributed by atoms with Crippen LogP contribution in [0.25, 0.3) is 0 Å². The van der Waals surface area contributed by atoms with E-state index in [0.717, 1.165) is 12.8 Å². The molecule has 0 aliphatic carbocycles. The normalized spacial score (nSPS) is 11.6. The summed E-state index contributed by atoms with van der Waals surface area (Å²) < 4.78 is 5.20. The van der Waals surface area contributed by atoms with Gasteiger partial charge in [0.25, 0.3) is 0 Å². The molecule has 0 unspecified atom stereocenters. The predicted octanol–water partition coefficient (Wildman–Crippen LogP) is 3.91. The maximum atomic E-state index is 12.3. The van der Waals surface area contributed by atoms with Gasteiger partial charge in [-0.3, -0.25) is 9.59 Å². The summed E-state index contributed by atoms with van der Waals surface area (Å²) >= 11 is 0. The van der Waals surface area contributed by atoms with E-state index in [1.165, 1.54) is 0 Å².